The molecule has 2 aromatic heterocycles. The first-order valence-electron chi connectivity index (χ1n) is 11.6. The van der Waals surface area contributed by atoms with Gasteiger partial charge in [0.05, 0.1) is 35.5 Å². The summed E-state index contributed by atoms with van der Waals surface area (Å²) in [6.45, 7) is 0.636. The molecule has 3 aromatic rings. The quantitative estimate of drug-likeness (QED) is 0.274. The van der Waals surface area contributed by atoms with Crippen LogP contribution in [0.2, 0.25) is 0 Å². The Morgan fingerprint density at radius 2 is 1.76 bits per heavy atom. The molecule has 38 heavy (non-hydrogen) atoms. The van der Waals surface area contributed by atoms with Gasteiger partial charge in [-0.05, 0) is 30.3 Å². The third kappa shape index (κ3) is 4.93. The summed E-state index contributed by atoms with van der Waals surface area (Å²) in [5, 5.41) is 15.8. The molecule has 5 rings (SSSR count). The van der Waals surface area contributed by atoms with Crippen molar-refractivity contribution < 1.29 is 32.1 Å². The average Bonchev–Trinajstić information content (AvgIpc) is 3.42. The Bertz CT molecular complexity index is 1420. The van der Waals surface area contributed by atoms with Crippen LogP contribution >= 0.6 is 0 Å². The lowest BCUT2D eigenvalue weighted by Crippen LogP contribution is -2.55. The molecule has 0 N–H and O–H groups in total. The van der Waals surface area contributed by atoms with Crippen molar-refractivity contribution in [1.29, 1.82) is 0 Å². The number of nitrogens with zero attached hydrogens (tertiary/aromatic N) is 6. The number of carbonyl (C=O) groups is 2. The number of rotatable bonds is 6. The number of carbonyl (C=O) groups excluding carboxylic acids is 2. The van der Waals surface area contributed by atoms with Gasteiger partial charge in [0.15, 0.2) is 0 Å². The zero-order valence-corrected chi connectivity index (χ0v) is 19.7. The molecule has 0 radical (unpaired) electrons. The zero-order chi connectivity index (χ0) is 27.2. The highest BCUT2D eigenvalue weighted by Crippen LogP contribution is 2.29. The predicted octanol–water partition coefficient (Wildman–Crippen LogP) is 3.10. The number of hydrogen-bond donors (Lipinski definition) is 0. The lowest BCUT2D eigenvalue weighted by atomic mass is 10.00. The van der Waals surface area contributed by atoms with E-state index in [4.69, 9.17) is 0 Å². The van der Waals surface area contributed by atoms with Crippen LogP contribution in [0.3, 0.4) is 0 Å². The molecule has 0 bridgehead atoms. The summed E-state index contributed by atoms with van der Waals surface area (Å²) in [6, 6.07) is 8.14. The standard InChI is InChI=1S/C24H20F4N6O4/c25-17-3-1-15(2-4-17)18-5-6-20(34(37)38)19(30-18)7-22(35)31-12-16-8-29-33(21(16)13-31)11-14-9-32(10-14)23(36)24(26,27)28/h1-6,8,14H,7,9-13H2. The Hall–Kier alpha value is -4.36. The van der Waals surface area contributed by atoms with Crippen LogP contribution in [0.4, 0.5) is 23.2 Å². The normalized spacial score (nSPS) is 15.4. The molecule has 10 nitrogen and oxygen atoms in total. The number of amides is 2. The Morgan fingerprint density at radius 3 is 2.42 bits per heavy atom. The smallest absolute Gasteiger partial charge is 0.334 e. The van der Waals surface area contributed by atoms with E-state index in [-0.39, 0.29) is 49.9 Å². The van der Waals surface area contributed by atoms with Crippen LogP contribution in [0, 0.1) is 21.8 Å². The van der Waals surface area contributed by atoms with Crippen LogP contribution < -0.4 is 0 Å². The summed E-state index contributed by atoms with van der Waals surface area (Å²) in [5.74, 6) is -2.90. The maximum atomic E-state index is 13.3. The van der Waals surface area contributed by atoms with Crippen molar-refractivity contribution in [2.24, 2.45) is 5.92 Å². The Labute approximate surface area is 212 Å². The largest absolute Gasteiger partial charge is 0.471 e. The van der Waals surface area contributed by atoms with E-state index in [0.29, 0.717) is 17.8 Å². The van der Waals surface area contributed by atoms with Gasteiger partial charge in [-0.25, -0.2) is 9.37 Å². The predicted molar refractivity (Wildman–Crippen MR) is 123 cm³/mol. The van der Waals surface area contributed by atoms with Crippen LogP contribution in [0.25, 0.3) is 11.3 Å². The average molecular weight is 532 g/mol. The van der Waals surface area contributed by atoms with Gasteiger partial charge >= 0.3 is 12.1 Å². The van der Waals surface area contributed by atoms with Gasteiger partial charge in [-0.3, -0.25) is 24.4 Å². The van der Waals surface area contributed by atoms with Crippen LogP contribution in [0.1, 0.15) is 17.0 Å². The highest BCUT2D eigenvalue weighted by Gasteiger charge is 2.46. The van der Waals surface area contributed by atoms with Crippen molar-refractivity contribution in [1.82, 2.24) is 24.6 Å². The maximum absolute atomic E-state index is 13.3. The van der Waals surface area contributed by atoms with Crippen molar-refractivity contribution in [3.8, 4) is 11.3 Å². The first kappa shape index (κ1) is 25.3. The molecule has 4 heterocycles. The molecule has 0 unspecified atom stereocenters. The number of benzene rings is 1. The van der Waals surface area contributed by atoms with Gasteiger partial charge in [-0.15, -0.1) is 0 Å². The number of halogens is 4. The number of pyridine rings is 1. The molecule has 2 aliphatic rings. The minimum Gasteiger partial charge on any atom is -0.334 e. The SMILES string of the molecule is O=C(Cc1nc(-c2ccc(F)cc2)ccc1[N+](=O)[O-])N1Cc2cnn(CC3CN(C(=O)C(F)(F)F)C3)c2C1. The van der Waals surface area contributed by atoms with Gasteiger partial charge in [0.2, 0.25) is 5.91 Å². The lowest BCUT2D eigenvalue weighted by molar-refractivity contribution is -0.385. The first-order chi connectivity index (χ1) is 18.0. The second-order valence-electron chi connectivity index (χ2n) is 9.23. The van der Waals surface area contributed by atoms with Gasteiger partial charge in [0.1, 0.15) is 11.5 Å². The van der Waals surface area contributed by atoms with E-state index < -0.39 is 28.7 Å². The highest BCUT2D eigenvalue weighted by atomic mass is 19.4. The number of nitro groups is 1. The molecule has 0 spiro atoms. The third-order valence-electron chi connectivity index (χ3n) is 6.61. The molecule has 0 saturated carbocycles. The molecule has 1 saturated heterocycles. The lowest BCUT2D eigenvalue weighted by Gasteiger charge is -2.39. The van der Waals surface area contributed by atoms with E-state index in [1.807, 2.05) is 0 Å². The number of aromatic nitrogens is 3. The molecule has 1 fully saturated rings. The minimum atomic E-state index is -4.90. The van der Waals surface area contributed by atoms with E-state index >= 15 is 0 Å². The van der Waals surface area contributed by atoms with E-state index in [1.54, 1.807) is 10.9 Å². The molecular weight excluding hydrogens is 512 g/mol. The second kappa shape index (κ2) is 9.50. The molecule has 1 aromatic carbocycles. The molecule has 14 heteroatoms. The van der Waals surface area contributed by atoms with Gasteiger partial charge in [0, 0.05) is 49.3 Å². The molecule has 0 atom stereocenters. The number of likely N-dealkylation sites (tertiary alicyclic amines) is 1. The van der Waals surface area contributed by atoms with Gasteiger partial charge in [-0.2, -0.15) is 18.3 Å². The first-order valence-corrected chi connectivity index (χ1v) is 11.6. The van der Waals surface area contributed by atoms with E-state index in [2.05, 4.69) is 10.1 Å². The van der Waals surface area contributed by atoms with Crippen LogP contribution in [-0.2, 0) is 35.6 Å². The second-order valence-corrected chi connectivity index (χ2v) is 9.23. The van der Waals surface area contributed by atoms with E-state index in [0.717, 1.165) is 16.2 Å². The van der Waals surface area contributed by atoms with Crippen LogP contribution in [-0.4, -0.2) is 60.6 Å². The molecular formula is C24H20F4N6O4. The van der Waals surface area contributed by atoms with Crippen molar-refractivity contribution in [2.45, 2.75) is 32.2 Å². The van der Waals surface area contributed by atoms with E-state index in [1.165, 1.54) is 41.3 Å². The maximum Gasteiger partial charge on any atom is 0.471 e. The molecule has 2 aliphatic heterocycles. The molecule has 2 amide bonds. The molecule has 198 valence electrons. The van der Waals surface area contributed by atoms with E-state index in [9.17, 15) is 37.3 Å². The summed E-state index contributed by atoms with van der Waals surface area (Å²) in [7, 11) is 0. The van der Waals surface area contributed by atoms with Crippen LogP contribution in [0.15, 0.2) is 42.6 Å². The summed E-state index contributed by atoms with van der Waals surface area (Å²) < 4.78 is 52.6. The fourth-order valence-corrected chi connectivity index (χ4v) is 4.64. The Morgan fingerprint density at radius 1 is 1.05 bits per heavy atom. The summed E-state index contributed by atoms with van der Waals surface area (Å²) in [5.41, 5.74) is 2.05. The molecule has 0 aliphatic carbocycles. The number of fused-ring (bicyclic) bond motifs is 1. The summed E-state index contributed by atoms with van der Waals surface area (Å²) >= 11 is 0. The van der Waals surface area contributed by atoms with Crippen molar-refractivity contribution >= 4 is 17.5 Å². The monoisotopic (exact) mass is 532 g/mol. The minimum absolute atomic E-state index is 0.0247. The summed E-state index contributed by atoms with van der Waals surface area (Å²) in [6.07, 6.45) is -3.66. The zero-order valence-electron chi connectivity index (χ0n) is 19.7. The third-order valence-corrected chi connectivity index (χ3v) is 6.61. The van der Waals surface area contributed by atoms with Gasteiger partial charge in [0.25, 0.3) is 5.69 Å². The number of alkyl halides is 3. The van der Waals surface area contributed by atoms with Gasteiger partial charge < -0.3 is 9.80 Å². The fraction of sp³-hybridized carbons (Fsp3) is 0.333. The summed E-state index contributed by atoms with van der Waals surface area (Å²) in [4.78, 5) is 41.9. The van der Waals surface area contributed by atoms with Crippen LogP contribution in [0.5, 0.6) is 0 Å². The van der Waals surface area contributed by atoms with Gasteiger partial charge in [-0.1, -0.05) is 0 Å². The Kier molecular flexibility index (Phi) is 6.33. The topological polar surface area (TPSA) is 114 Å². The van der Waals surface area contributed by atoms with Crippen molar-refractivity contribution in [3.63, 3.8) is 0 Å². The van der Waals surface area contributed by atoms with Crippen molar-refractivity contribution in [3.05, 3.63) is 75.5 Å². The Balaban J connectivity index is 1.25. The van der Waals surface area contributed by atoms with Crippen molar-refractivity contribution in [2.75, 3.05) is 13.1 Å². The highest BCUT2D eigenvalue weighted by molar-refractivity contribution is 5.82. The fourth-order valence-electron chi connectivity index (χ4n) is 4.64. The number of hydrogen-bond acceptors (Lipinski definition) is 6.